The number of hydrogen-bond acceptors (Lipinski definition) is 4. The largest absolute Gasteiger partial charge is 0.490 e. The highest BCUT2D eigenvalue weighted by molar-refractivity contribution is 6.04. The second-order valence-electron chi connectivity index (χ2n) is 6.32. The summed E-state index contributed by atoms with van der Waals surface area (Å²) in [7, 11) is 0. The molecule has 1 heterocycles. The molecule has 0 unspecified atom stereocenters. The van der Waals surface area contributed by atoms with Crippen LogP contribution in [-0.4, -0.2) is 28.9 Å². The van der Waals surface area contributed by atoms with Crippen molar-refractivity contribution in [2.24, 2.45) is 0 Å². The smallest absolute Gasteiger partial charge is 0.258 e. The summed E-state index contributed by atoms with van der Waals surface area (Å²) in [5.74, 6) is 1.09. The molecule has 28 heavy (non-hydrogen) atoms. The molecular formula is C22H25N3O3. The highest BCUT2D eigenvalue weighted by atomic mass is 16.5. The van der Waals surface area contributed by atoms with E-state index in [1.165, 1.54) is 0 Å². The number of nitrogens with zero attached hydrogens (tertiary/aromatic N) is 2. The molecule has 2 aromatic carbocycles. The van der Waals surface area contributed by atoms with E-state index in [0.29, 0.717) is 36.0 Å². The Morgan fingerprint density at radius 1 is 1.00 bits per heavy atom. The molecule has 6 heteroatoms. The van der Waals surface area contributed by atoms with Gasteiger partial charge in [0.1, 0.15) is 0 Å². The van der Waals surface area contributed by atoms with Crippen LogP contribution in [0.5, 0.6) is 11.5 Å². The van der Waals surface area contributed by atoms with Crippen LogP contribution < -0.4 is 14.8 Å². The fourth-order valence-electron chi connectivity index (χ4n) is 2.61. The minimum Gasteiger partial charge on any atom is -0.490 e. The van der Waals surface area contributed by atoms with Crippen LogP contribution in [0.3, 0.4) is 0 Å². The molecule has 3 rings (SSSR count). The number of rotatable bonds is 9. The van der Waals surface area contributed by atoms with Crippen molar-refractivity contribution in [3.63, 3.8) is 0 Å². The topological polar surface area (TPSA) is 65.4 Å². The van der Waals surface area contributed by atoms with Crippen LogP contribution >= 0.6 is 0 Å². The van der Waals surface area contributed by atoms with E-state index >= 15 is 0 Å². The first-order valence-corrected chi connectivity index (χ1v) is 9.52. The molecule has 1 aromatic heterocycles. The number of aromatic nitrogens is 2. The highest BCUT2D eigenvalue weighted by Crippen LogP contribution is 2.31. The van der Waals surface area contributed by atoms with Crippen molar-refractivity contribution in [3.8, 4) is 17.2 Å². The van der Waals surface area contributed by atoms with Crippen LogP contribution in [0.4, 0.5) is 5.69 Å². The summed E-state index contributed by atoms with van der Waals surface area (Å²) in [6.45, 7) is 5.30. The molecule has 0 radical (unpaired) electrons. The minimum absolute atomic E-state index is 0.231. The number of para-hydroxylation sites is 1. The van der Waals surface area contributed by atoms with Crippen LogP contribution in [0.15, 0.2) is 60.9 Å². The average molecular weight is 379 g/mol. The molecule has 0 saturated carbocycles. The number of ether oxygens (including phenoxy) is 2. The van der Waals surface area contributed by atoms with Gasteiger partial charge in [-0.25, -0.2) is 4.68 Å². The lowest BCUT2D eigenvalue weighted by molar-refractivity contribution is 0.102. The lowest BCUT2D eigenvalue weighted by Gasteiger charge is -2.14. The Morgan fingerprint density at radius 3 is 2.43 bits per heavy atom. The number of hydrogen-bond donors (Lipinski definition) is 1. The zero-order valence-corrected chi connectivity index (χ0v) is 16.2. The number of benzene rings is 2. The number of amides is 1. The van der Waals surface area contributed by atoms with Crippen molar-refractivity contribution < 1.29 is 14.3 Å². The van der Waals surface area contributed by atoms with Gasteiger partial charge >= 0.3 is 0 Å². The van der Waals surface area contributed by atoms with Gasteiger partial charge in [0.2, 0.25) is 0 Å². The van der Waals surface area contributed by atoms with Gasteiger partial charge in [-0.1, -0.05) is 32.0 Å². The fourth-order valence-corrected chi connectivity index (χ4v) is 2.61. The molecule has 0 spiro atoms. The molecule has 1 amide bonds. The van der Waals surface area contributed by atoms with Gasteiger partial charge < -0.3 is 14.8 Å². The third kappa shape index (κ3) is 4.91. The second kappa shape index (κ2) is 9.60. The zero-order chi connectivity index (χ0) is 19.8. The summed E-state index contributed by atoms with van der Waals surface area (Å²) in [6.07, 6.45) is 5.06. The summed E-state index contributed by atoms with van der Waals surface area (Å²) in [6, 6.07) is 15.1. The van der Waals surface area contributed by atoms with Crippen LogP contribution in [0, 0.1) is 0 Å². The Bertz CT molecular complexity index is 906. The Morgan fingerprint density at radius 2 is 1.71 bits per heavy atom. The van der Waals surface area contributed by atoms with Crippen molar-refractivity contribution in [1.82, 2.24) is 9.78 Å². The Labute approximate surface area is 165 Å². The van der Waals surface area contributed by atoms with Gasteiger partial charge in [0.15, 0.2) is 11.5 Å². The van der Waals surface area contributed by atoms with Crippen molar-refractivity contribution in [2.75, 3.05) is 18.5 Å². The first-order valence-electron chi connectivity index (χ1n) is 9.52. The highest BCUT2D eigenvalue weighted by Gasteiger charge is 2.12. The minimum atomic E-state index is -0.231. The molecule has 0 atom stereocenters. The monoisotopic (exact) mass is 379 g/mol. The van der Waals surface area contributed by atoms with Crippen molar-refractivity contribution in [3.05, 3.63) is 66.5 Å². The van der Waals surface area contributed by atoms with Crippen molar-refractivity contribution >= 4 is 11.6 Å². The molecule has 0 bridgehead atoms. The van der Waals surface area contributed by atoms with Gasteiger partial charge in [0.05, 0.1) is 30.7 Å². The van der Waals surface area contributed by atoms with Gasteiger partial charge in [0, 0.05) is 18.0 Å². The van der Waals surface area contributed by atoms with E-state index in [1.807, 2.05) is 49.4 Å². The van der Waals surface area contributed by atoms with E-state index in [2.05, 4.69) is 17.3 Å². The number of anilines is 1. The Kier molecular flexibility index (Phi) is 6.68. The summed E-state index contributed by atoms with van der Waals surface area (Å²) < 4.78 is 13.2. The summed E-state index contributed by atoms with van der Waals surface area (Å²) in [5.41, 5.74) is 2.02. The van der Waals surface area contributed by atoms with E-state index in [1.54, 1.807) is 23.1 Å². The number of carbonyl (C=O) groups excluding carboxylic acids is 1. The molecule has 146 valence electrons. The van der Waals surface area contributed by atoms with Crippen molar-refractivity contribution in [1.29, 1.82) is 0 Å². The third-order valence-electron chi connectivity index (χ3n) is 3.99. The lowest BCUT2D eigenvalue weighted by Crippen LogP contribution is -2.11. The number of nitrogens with one attached hydrogen (secondary N) is 1. The molecule has 0 fully saturated rings. The van der Waals surface area contributed by atoms with E-state index in [0.717, 1.165) is 18.5 Å². The first-order chi connectivity index (χ1) is 13.7. The lowest BCUT2D eigenvalue weighted by atomic mass is 10.2. The Hall–Kier alpha value is -3.28. The molecule has 0 aliphatic rings. The SMILES string of the molecule is CCCOc1ccc(NC(=O)c2cnn(-c3ccccc3)c2)cc1OCCC. The molecule has 0 saturated heterocycles. The third-order valence-corrected chi connectivity index (χ3v) is 3.99. The molecule has 1 N–H and O–H groups in total. The van der Waals surface area contributed by atoms with Crippen LogP contribution in [0.1, 0.15) is 37.0 Å². The molecule has 3 aromatic rings. The van der Waals surface area contributed by atoms with Gasteiger partial charge in [-0.3, -0.25) is 4.79 Å². The quantitative estimate of drug-likeness (QED) is 0.585. The van der Waals surface area contributed by atoms with E-state index in [4.69, 9.17) is 9.47 Å². The standard InChI is InChI=1S/C22H25N3O3/c1-3-12-27-20-11-10-18(14-21(20)28-13-4-2)24-22(26)17-15-23-25(16-17)19-8-6-5-7-9-19/h5-11,14-16H,3-4,12-13H2,1-2H3,(H,24,26). The van der Waals surface area contributed by atoms with E-state index in [-0.39, 0.29) is 5.91 Å². The summed E-state index contributed by atoms with van der Waals surface area (Å²) >= 11 is 0. The van der Waals surface area contributed by atoms with Gasteiger partial charge in [0.25, 0.3) is 5.91 Å². The summed E-state index contributed by atoms with van der Waals surface area (Å²) in [4.78, 5) is 12.6. The molecule has 0 aliphatic heterocycles. The van der Waals surface area contributed by atoms with Crippen molar-refractivity contribution in [2.45, 2.75) is 26.7 Å². The van der Waals surface area contributed by atoms with Crippen LogP contribution in [0.2, 0.25) is 0 Å². The van der Waals surface area contributed by atoms with Crippen LogP contribution in [0.25, 0.3) is 5.69 Å². The number of carbonyl (C=O) groups is 1. The van der Waals surface area contributed by atoms with Gasteiger partial charge in [-0.2, -0.15) is 5.10 Å². The predicted octanol–water partition coefficient (Wildman–Crippen LogP) is 4.70. The maximum absolute atomic E-state index is 12.6. The van der Waals surface area contributed by atoms with Crippen LogP contribution in [-0.2, 0) is 0 Å². The maximum atomic E-state index is 12.6. The fraction of sp³-hybridized carbons (Fsp3) is 0.273. The molecule has 6 nitrogen and oxygen atoms in total. The maximum Gasteiger partial charge on any atom is 0.258 e. The van der Waals surface area contributed by atoms with Gasteiger partial charge in [-0.15, -0.1) is 0 Å². The molecular weight excluding hydrogens is 354 g/mol. The molecule has 0 aliphatic carbocycles. The van der Waals surface area contributed by atoms with E-state index in [9.17, 15) is 4.79 Å². The average Bonchev–Trinajstić information content (AvgIpc) is 3.22. The normalized spacial score (nSPS) is 10.5. The zero-order valence-electron chi connectivity index (χ0n) is 16.2. The first kappa shape index (κ1) is 19.5. The van der Waals surface area contributed by atoms with E-state index < -0.39 is 0 Å². The van der Waals surface area contributed by atoms with Gasteiger partial charge in [-0.05, 0) is 37.1 Å². The summed E-state index contributed by atoms with van der Waals surface area (Å²) in [5, 5.41) is 7.16. The second-order valence-corrected chi connectivity index (χ2v) is 6.32. The Balaban J connectivity index is 1.73. The predicted molar refractivity (Wildman–Crippen MR) is 110 cm³/mol.